The van der Waals surface area contributed by atoms with Crippen LogP contribution >= 0.6 is 0 Å². The molecule has 1 rings (SSSR count). The van der Waals surface area contributed by atoms with Crippen LogP contribution in [0.25, 0.3) is 0 Å². The topological polar surface area (TPSA) is 92.5 Å². The van der Waals surface area contributed by atoms with Crippen LogP contribution in [0, 0.1) is 0 Å². The Morgan fingerprint density at radius 2 is 2.10 bits per heavy atom. The van der Waals surface area contributed by atoms with Crippen molar-refractivity contribution in [2.24, 2.45) is 0 Å². The lowest BCUT2D eigenvalue weighted by atomic mass is 10.5. The van der Waals surface area contributed by atoms with Crippen molar-refractivity contribution in [1.82, 2.24) is 14.1 Å². The molecule has 120 valence electrons. The van der Waals surface area contributed by atoms with E-state index in [4.69, 9.17) is 5.11 Å². The molecule has 21 heavy (non-hydrogen) atoms. The quantitative estimate of drug-likeness (QED) is 0.803. The van der Waals surface area contributed by atoms with Crippen molar-refractivity contribution >= 4 is 16.0 Å². The molecule has 0 aliphatic carbocycles. The van der Waals surface area contributed by atoms with Crippen LogP contribution in [0.4, 0.5) is 13.2 Å². The highest BCUT2D eigenvalue weighted by Crippen LogP contribution is 2.22. The van der Waals surface area contributed by atoms with Gasteiger partial charge in [0.05, 0.1) is 6.20 Å². The van der Waals surface area contributed by atoms with Crippen molar-refractivity contribution < 1.29 is 31.5 Å². The van der Waals surface area contributed by atoms with Crippen LogP contribution in [0.15, 0.2) is 17.3 Å². The van der Waals surface area contributed by atoms with Gasteiger partial charge in [0, 0.05) is 12.7 Å². The third kappa shape index (κ3) is 5.01. The van der Waals surface area contributed by atoms with Gasteiger partial charge in [0.15, 0.2) is 0 Å². The van der Waals surface area contributed by atoms with Crippen molar-refractivity contribution in [2.75, 3.05) is 13.1 Å². The zero-order valence-electron chi connectivity index (χ0n) is 11.0. The maximum Gasteiger partial charge on any atom is 0.402 e. The summed E-state index contributed by atoms with van der Waals surface area (Å²) in [6.45, 7) is -0.936. The zero-order chi connectivity index (χ0) is 16.3. The van der Waals surface area contributed by atoms with Crippen LogP contribution in [-0.4, -0.2) is 52.8 Å². The van der Waals surface area contributed by atoms with Crippen LogP contribution in [0.5, 0.6) is 0 Å². The van der Waals surface area contributed by atoms with Gasteiger partial charge in [-0.1, -0.05) is 6.92 Å². The lowest BCUT2D eigenvalue weighted by molar-refractivity contribution is -0.138. The number of nitrogens with zero attached hydrogens (tertiary/aromatic N) is 3. The van der Waals surface area contributed by atoms with Gasteiger partial charge in [0.1, 0.15) is 18.0 Å². The van der Waals surface area contributed by atoms with Crippen LogP contribution in [-0.2, 0) is 21.4 Å². The number of aliphatic carboxylic acids is 1. The number of halogens is 3. The highest BCUT2D eigenvalue weighted by molar-refractivity contribution is 7.89. The third-order valence-corrected chi connectivity index (χ3v) is 4.17. The number of aromatic nitrogens is 2. The second kappa shape index (κ2) is 6.43. The first-order chi connectivity index (χ1) is 9.56. The molecule has 0 saturated carbocycles. The van der Waals surface area contributed by atoms with E-state index < -0.39 is 40.2 Å². The Bertz CT molecular complexity index is 597. The van der Waals surface area contributed by atoms with Crippen LogP contribution in [0.3, 0.4) is 0 Å². The minimum atomic E-state index is -4.67. The van der Waals surface area contributed by atoms with Crippen molar-refractivity contribution in [2.45, 2.75) is 31.0 Å². The average molecular weight is 329 g/mol. The van der Waals surface area contributed by atoms with Gasteiger partial charge in [-0.15, -0.1) is 0 Å². The standard InChI is InChI=1S/C10H14F3N3O4S/c1-2-3-16(7-10(11,12)13)21(19,20)8-4-14-15(5-8)6-9(17)18/h4-5H,2-3,6-7H2,1H3,(H,17,18). The van der Waals surface area contributed by atoms with E-state index in [1.54, 1.807) is 6.92 Å². The van der Waals surface area contributed by atoms with E-state index in [0.717, 1.165) is 17.1 Å². The smallest absolute Gasteiger partial charge is 0.402 e. The Hall–Kier alpha value is -1.62. The number of carboxylic acids is 1. The largest absolute Gasteiger partial charge is 0.480 e. The molecule has 1 aromatic heterocycles. The molecule has 0 fully saturated rings. The van der Waals surface area contributed by atoms with E-state index >= 15 is 0 Å². The molecular formula is C10H14F3N3O4S. The van der Waals surface area contributed by atoms with E-state index in [9.17, 15) is 26.4 Å². The van der Waals surface area contributed by atoms with Crippen LogP contribution in [0.2, 0.25) is 0 Å². The van der Waals surface area contributed by atoms with Gasteiger partial charge in [-0.05, 0) is 6.42 Å². The van der Waals surface area contributed by atoms with Crippen LogP contribution < -0.4 is 0 Å². The molecule has 1 aromatic rings. The fourth-order valence-electron chi connectivity index (χ4n) is 1.59. The molecule has 0 amide bonds. The summed E-state index contributed by atoms with van der Waals surface area (Å²) < 4.78 is 62.7. The molecule has 0 atom stereocenters. The zero-order valence-corrected chi connectivity index (χ0v) is 11.9. The highest BCUT2D eigenvalue weighted by atomic mass is 32.2. The van der Waals surface area contributed by atoms with Crippen molar-refractivity contribution in [1.29, 1.82) is 0 Å². The van der Waals surface area contributed by atoms with E-state index in [1.165, 1.54) is 0 Å². The van der Waals surface area contributed by atoms with Crippen molar-refractivity contribution in [3.8, 4) is 0 Å². The first-order valence-electron chi connectivity index (χ1n) is 5.87. The maximum atomic E-state index is 12.4. The monoisotopic (exact) mass is 329 g/mol. The average Bonchev–Trinajstić information content (AvgIpc) is 2.74. The number of alkyl halides is 3. The van der Waals surface area contributed by atoms with Gasteiger partial charge in [0.25, 0.3) is 0 Å². The first kappa shape index (κ1) is 17.4. The molecule has 1 heterocycles. The fraction of sp³-hybridized carbons (Fsp3) is 0.600. The fourth-order valence-corrected chi connectivity index (χ4v) is 3.06. The number of sulfonamides is 1. The van der Waals surface area contributed by atoms with Gasteiger partial charge in [-0.2, -0.15) is 22.6 Å². The van der Waals surface area contributed by atoms with Crippen molar-refractivity contribution in [3.63, 3.8) is 0 Å². The molecule has 0 aliphatic heterocycles. The van der Waals surface area contributed by atoms with Crippen LogP contribution in [0.1, 0.15) is 13.3 Å². The lowest BCUT2D eigenvalue weighted by Gasteiger charge is -2.21. The molecule has 1 N–H and O–H groups in total. The Labute approximate surface area is 119 Å². The summed E-state index contributed by atoms with van der Waals surface area (Å²) in [6.07, 6.45) is -2.74. The molecule has 0 aromatic carbocycles. The summed E-state index contributed by atoms with van der Waals surface area (Å²) in [6, 6.07) is 0. The molecule has 0 bridgehead atoms. The van der Waals surface area contributed by atoms with Gasteiger partial charge in [0.2, 0.25) is 10.0 Å². The molecule has 0 saturated heterocycles. The Kier molecular flexibility index (Phi) is 5.34. The second-order valence-electron chi connectivity index (χ2n) is 4.22. The summed E-state index contributed by atoms with van der Waals surface area (Å²) in [4.78, 5) is 10.0. The molecule has 0 unspecified atom stereocenters. The maximum absolute atomic E-state index is 12.4. The first-order valence-corrected chi connectivity index (χ1v) is 7.31. The SMILES string of the molecule is CCCN(CC(F)(F)F)S(=O)(=O)c1cnn(CC(=O)O)c1. The molecule has 0 aliphatic rings. The summed E-state index contributed by atoms with van der Waals surface area (Å²) in [5.41, 5.74) is 0. The molecular weight excluding hydrogens is 315 g/mol. The Balaban J connectivity index is 3.05. The van der Waals surface area contributed by atoms with E-state index in [1.807, 2.05) is 0 Å². The summed E-state index contributed by atoms with van der Waals surface area (Å²) in [5, 5.41) is 12.1. The van der Waals surface area contributed by atoms with E-state index in [-0.39, 0.29) is 13.0 Å². The van der Waals surface area contributed by atoms with E-state index in [0.29, 0.717) is 4.31 Å². The lowest BCUT2D eigenvalue weighted by Crippen LogP contribution is -2.39. The van der Waals surface area contributed by atoms with Gasteiger partial charge in [-0.3, -0.25) is 9.48 Å². The van der Waals surface area contributed by atoms with Gasteiger partial charge < -0.3 is 5.11 Å². The van der Waals surface area contributed by atoms with Crippen molar-refractivity contribution in [3.05, 3.63) is 12.4 Å². The Morgan fingerprint density at radius 1 is 1.48 bits per heavy atom. The minimum absolute atomic E-state index is 0.207. The van der Waals surface area contributed by atoms with Gasteiger partial charge >= 0.3 is 12.1 Å². The number of hydrogen-bond acceptors (Lipinski definition) is 4. The molecule has 0 radical (unpaired) electrons. The second-order valence-corrected chi connectivity index (χ2v) is 6.16. The minimum Gasteiger partial charge on any atom is -0.480 e. The molecule has 0 spiro atoms. The summed E-state index contributed by atoms with van der Waals surface area (Å²) >= 11 is 0. The summed E-state index contributed by atoms with van der Waals surface area (Å²) in [5.74, 6) is -1.25. The highest BCUT2D eigenvalue weighted by Gasteiger charge is 2.37. The Morgan fingerprint density at radius 3 is 2.57 bits per heavy atom. The summed E-state index contributed by atoms with van der Waals surface area (Å²) in [7, 11) is -4.37. The molecule has 7 nitrogen and oxygen atoms in total. The number of carboxylic acid groups (broad SMARTS) is 1. The number of rotatable bonds is 7. The predicted molar refractivity (Wildman–Crippen MR) is 65.0 cm³/mol. The van der Waals surface area contributed by atoms with Gasteiger partial charge in [-0.25, -0.2) is 8.42 Å². The predicted octanol–water partition coefficient (Wildman–Crippen LogP) is 0.931. The van der Waals surface area contributed by atoms with E-state index in [2.05, 4.69) is 5.10 Å². The number of hydrogen-bond donors (Lipinski definition) is 1. The normalized spacial score (nSPS) is 12.8. The third-order valence-electron chi connectivity index (χ3n) is 2.37. The molecule has 11 heteroatoms. The number of carbonyl (C=O) groups is 1.